The normalized spacial score (nSPS) is 30.5. The molecular formula is C25H35F3O3. The van der Waals surface area contributed by atoms with Crippen LogP contribution in [0.3, 0.4) is 0 Å². The zero-order chi connectivity index (χ0) is 22.8. The van der Waals surface area contributed by atoms with Crippen molar-refractivity contribution < 1.29 is 27.8 Å². The predicted molar refractivity (Wildman–Crippen MR) is 113 cm³/mol. The van der Waals surface area contributed by atoms with Crippen LogP contribution in [0.1, 0.15) is 89.4 Å². The molecule has 0 radical (unpaired) electrons. The van der Waals surface area contributed by atoms with Gasteiger partial charge < -0.3 is 9.84 Å². The van der Waals surface area contributed by atoms with Crippen molar-refractivity contribution in [2.45, 2.75) is 90.5 Å². The molecule has 0 saturated heterocycles. The first-order chi connectivity index (χ1) is 14.5. The van der Waals surface area contributed by atoms with E-state index in [2.05, 4.69) is 13.8 Å². The number of hydrogen-bond donors (Lipinski definition) is 1. The lowest BCUT2D eigenvalue weighted by molar-refractivity contribution is -0.147. The van der Waals surface area contributed by atoms with E-state index < -0.39 is 23.8 Å². The number of carbonyl (C=O) groups excluding carboxylic acids is 1. The van der Waals surface area contributed by atoms with Gasteiger partial charge in [0.1, 0.15) is 6.10 Å². The van der Waals surface area contributed by atoms with Crippen molar-refractivity contribution in [3.63, 3.8) is 0 Å². The fourth-order valence-electron chi connectivity index (χ4n) is 6.33. The maximum atomic E-state index is 12.8. The third kappa shape index (κ3) is 5.44. The van der Waals surface area contributed by atoms with Crippen LogP contribution in [0.4, 0.5) is 13.2 Å². The molecule has 2 aliphatic carbocycles. The number of aliphatic hydroxyl groups is 1. The maximum Gasteiger partial charge on any atom is 0.416 e. The topological polar surface area (TPSA) is 46.5 Å². The second-order valence-corrected chi connectivity index (χ2v) is 9.88. The van der Waals surface area contributed by atoms with E-state index in [4.69, 9.17) is 4.74 Å². The van der Waals surface area contributed by atoms with E-state index in [9.17, 15) is 23.1 Å². The first-order valence-corrected chi connectivity index (χ1v) is 11.5. The van der Waals surface area contributed by atoms with E-state index in [0.29, 0.717) is 29.7 Å². The molecule has 1 N–H and O–H groups in total. The zero-order valence-corrected chi connectivity index (χ0v) is 18.8. The molecule has 6 atom stereocenters. The summed E-state index contributed by atoms with van der Waals surface area (Å²) in [6.45, 7) is 5.95. The Labute approximate surface area is 183 Å². The van der Waals surface area contributed by atoms with Gasteiger partial charge in [-0.1, -0.05) is 38.8 Å². The van der Waals surface area contributed by atoms with Gasteiger partial charge in [0.25, 0.3) is 0 Å². The number of alkyl halides is 3. The van der Waals surface area contributed by atoms with Gasteiger partial charge in [0, 0.05) is 6.92 Å². The highest BCUT2D eigenvalue weighted by molar-refractivity contribution is 5.66. The largest absolute Gasteiger partial charge is 0.458 e. The highest BCUT2D eigenvalue weighted by Gasteiger charge is 2.52. The van der Waals surface area contributed by atoms with Gasteiger partial charge in [-0.25, -0.2) is 0 Å². The van der Waals surface area contributed by atoms with Crippen molar-refractivity contribution in [3.8, 4) is 0 Å². The zero-order valence-electron chi connectivity index (χ0n) is 18.8. The number of aliphatic hydroxyl groups excluding tert-OH is 1. The molecule has 3 nitrogen and oxygen atoms in total. The molecule has 3 rings (SSSR count). The van der Waals surface area contributed by atoms with Crippen LogP contribution in [0.2, 0.25) is 0 Å². The van der Waals surface area contributed by atoms with E-state index in [0.717, 1.165) is 50.7 Å². The molecule has 0 spiro atoms. The van der Waals surface area contributed by atoms with Crippen molar-refractivity contribution in [2.75, 3.05) is 0 Å². The minimum Gasteiger partial charge on any atom is -0.458 e. The van der Waals surface area contributed by atoms with Crippen molar-refractivity contribution in [1.82, 2.24) is 0 Å². The molecule has 174 valence electrons. The van der Waals surface area contributed by atoms with Crippen LogP contribution in [0.25, 0.3) is 0 Å². The molecule has 2 saturated carbocycles. The number of carbonyl (C=O) groups is 1. The fraction of sp³-hybridized carbons (Fsp3) is 0.720. The van der Waals surface area contributed by atoms with Gasteiger partial charge in [-0.3, -0.25) is 4.79 Å². The molecule has 2 aliphatic rings. The molecule has 1 unspecified atom stereocenters. The predicted octanol–water partition coefficient (Wildman–Crippen LogP) is 6.69. The second-order valence-electron chi connectivity index (χ2n) is 9.88. The van der Waals surface area contributed by atoms with Crippen LogP contribution < -0.4 is 0 Å². The lowest BCUT2D eigenvalue weighted by atomic mass is 9.61. The molecule has 0 aliphatic heterocycles. The summed E-state index contributed by atoms with van der Waals surface area (Å²) in [7, 11) is 0. The van der Waals surface area contributed by atoms with E-state index in [1.54, 1.807) is 0 Å². The molecule has 0 aromatic heterocycles. The first-order valence-electron chi connectivity index (χ1n) is 11.5. The standard InChI is InChI=1S/C25H35F3O3/c1-16(20-13-14-21-22(30)7-5-15-24(20,21)3)6-4-8-23(31-17(2)29)18-9-11-19(12-10-18)25(26,27)28/h9-12,16,20-23,30H,4-8,13-15H2,1-3H3/t16?,20-,21+,22+,23-,24-/m1/s1. The Hall–Kier alpha value is -1.56. The van der Waals surface area contributed by atoms with E-state index in [-0.39, 0.29) is 11.5 Å². The monoisotopic (exact) mass is 440 g/mol. The molecule has 0 heterocycles. The van der Waals surface area contributed by atoms with Crippen LogP contribution in [-0.2, 0) is 15.7 Å². The summed E-state index contributed by atoms with van der Waals surface area (Å²) >= 11 is 0. The SMILES string of the molecule is CC(=O)O[C@H](CCCC(C)[C@H]1CC[C@H]2[C@@H](O)CCC[C@]12C)c1ccc(C(F)(F)F)cc1. The molecular weight excluding hydrogens is 405 g/mol. The summed E-state index contributed by atoms with van der Waals surface area (Å²) in [5.74, 6) is 1.03. The van der Waals surface area contributed by atoms with Crippen LogP contribution in [0.5, 0.6) is 0 Å². The summed E-state index contributed by atoms with van der Waals surface area (Å²) in [6, 6.07) is 4.91. The molecule has 31 heavy (non-hydrogen) atoms. The molecule has 1 aromatic rings. The minimum absolute atomic E-state index is 0.177. The number of esters is 1. The first kappa shape index (κ1) is 24.1. The molecule has 1 aromatic carbocycles. The van der Waals surface area contributed by atoms with Gasteiger partial charge >= 0.3 is 12.1 Å². The summed E-state index contributed by atoms with van der Waals surface area (Å²) in [4.78, 5) is 11.6. The second kappa shape index (κ2) is 9.51. The maximum absolute atomic E-state index is 12.8. The molecule has 0 bridgehead atoms. The van der Waals surface area contributed by atoms with E-state index >= 15 is 0 Å². The Balaban J connectivity index is 1.60. The average molecular weight is 441 g/mol. The van der Waals surface area contributed by atoms with Crippen LogP contribution >= 0.6 is 0 Å². The van der Waals surface area contributed by atoms with E-state index in [1.165, 1.54) is 25.5 Å². The van der Waals surface area contributed by atoms with Crippen molar-refractivity contribution >= 4 is 5.97 Å². The number of fused-ring (bicyclic) bond motifs is 1. The Morgan fingerprint density at radius 1 is 1.19 bits per heavy atom. The van der Waals surface area contributed by atoms with Crippen molar-refractivity contribution in [2.24, 2.45) is 23.2 Å². The number of rotatable bonds is 7. The van der Waals surface area contributed by atoms with Gasteiger partial charge in [-0.2, -0.15) is 13.2 Å². The Kier molecular flexibility index (Phi) is 7.39. The highest BCUT2D eigenvalue weighted by Crippen LogP contribution is 2.58. The van der Waals surface area contributed by atoms with Crippen LogP contribution in [0, 0.1) is 23.2 Å². The number of hydrogen-bond acceptors (Lipinski definition) is 3. The van der Waals surface area contributed by atoms with Gasteiger partial charge in [0.15, 0.2) is 0 Å². The fourth-order valence-corrected chi connectivity index (χ4v) is 6.33. The molecule has 6 heteroatoms. The smallest absolute Gasteiger partial charge is 0.416 e. The van der Waals surface area contributed by atoms with Crippen molar-refractivity contribution in [1.29, 1.82) is 0 Å². The van der Waals surface area contributed by atoms with Crippen LogP contribution in [0.15, 0.2) is 24.3 Å². The lowest BCUT2D eigenvalue weighted by Crippen LogP contribution is -2.41. The minimum atomic E-state index is -4.38. The van der Waals surface area contributed by atoms with Crippen LogP contribution in [-0.4, -0.2) is 17.2 Å². The summed E-state index contributed by atoms with van der Waals surface area (Å²) in [6.07, 6.45) is 2.71. The summed E-state index contributed by atoms with van der Waals surface area (Å²) in [5.41, 5.74) is 0.0871. The van der Waals surface area contributed by atoms with Gasteiger partial charge in [0.05, 0.1) is 11.7 Å². The average Bonchev–Trinajstić information content (AvgIpc) is 3.04. The molecule has 0 amide bonds. The molecule has 2 fully saturated rings. The third-order valence-electron chi connectivity index (χ3n) is 7.89. The quantitative estimate of drug-likeness (QED) is 0.480. The van der Waals surface area contributed by atoms with Gasteiger partial charge in [-0.05, 0) is 79.4 Å². The van der Waals surface area contributed by atoms with Gasteiger partial charge in [0.2, 0.25) is 0 Å². The Morgan fingerprint density at radius 3 is 2.48 bits per heavy atom. The van der Waals surface area contributed by atoms with Gasteiger partial charge in [-0.15, -0.1) is 0 Å². The lowest BCUT2D eigenvalue weighted by Gasteiger charge is -2.45. The summed E-state index contributed by atoms with van der Waals surface area (Å²) < 4.78 is 44.0. The van der Waals surface area contributed by atoms with E-state index in [1.807, 2.05) is 0 Å². The van der Waals surface area contributed by atoms with Crippen molar-refractivity contribution in [3.05, 3.63) is 35.4 Å². The Bertz CT molecular complexity index is 745. The highest BCUT2D eigenvalue weighted by atomic mass is 19.4. The Morgan fingerprint density at radius 2 is 1.87 bits per heavy atom. The number of halogens is 3. The summed E-state index contributed by atoms with van der Waals surface area (Å²) in [5, 5.41) is 10.5. The number of benzene rings is 1. The third-order valence-corrected chi connectivity index (χ3v) is 7.89. The number of ether oxygens (including phenoxy) is 1.